The molecule has 0 aromatic heterocycles. The van der Waals surface area contributed by atoms with Gasteiger partial charge in [0.1, 0.15) is 0 Å². The van der Waals surface area contributed by atoms with Crippen LogP contribution in [0, 0.1) is 0 Å². The summed E-state index contributed by atoms with van der Waals surface area (Å²) in [7, 11) is 0. The number of nitrogens with zero attached hydrogens (tertiary/aromatic N) is 1. The van der Waals surface area contributed by atoms with E-state index in [1.165, 1.54) is 32.5 Å². The third-order valence-corrected chi connectivity index (χ3v) is 2.46. The fourth-order valence-electron chi connectivity index (χ4n) is 2.00. The molecule has 1 saturated heterocycles. The maximum Gasteiger partial charge on any atom is 0.0169 e. The highest BCUT2D eigenvalue weighted by Crippen LogP contribution is 2.04. The quantitative estimate of drug-likeness (QED) is 0.690. The summed E-state index contributed by atoms with van der Waals surface area (Å²) in [5.41, 5.74) is 0. The smallest absolute Gasteiger partial charge is 0.0169 e. The Labute approximate surface area is 76.3 Å². The van der Waals surface area contributed by atoms with Gasteiger partial charge in [-0.3, -0.25) is 0 Å². The van der Waals surface area contributed by atoms with E-state index in [9.17, 15) is 0 Å². The van der Waals surface area contributed by atoms with E-state index in [1.807, 2.05) is 0 Å². The van der Waals surface area contributed by atoms with Crippen LogP contribution in [0.4, 0.5) is 0 Å². The van der Waals surface area contributed by atoms with Crippen molar-refractivity contribution in [2.75, 3.05) is 19.6 Å². The van der Waals surface area contributed by atoms with Gasteiger partial charge in [0.05, 0.1) is 0 Å². The lowest BCUT2D eigenvalue weighted by Gasteiger charge is -2.36. The average Bonchev–Trinajstić information content (AvgIpc) is 1.99. The molecule has 0 aromatic rings. The van der Waals surface area contributed by atoms with Gasteiger partial charge in [-0.1, -0.05) is 13.3 Å². The van der Waals surface area contributed by atoms with Gasteiger partial charge < -0.3 is 10.2 Å². The van der Waals surface area contributed by atoms with Crippen molar-refractivity contribution in [3.05, 3.63) is 0 Å². The third-order valence-electron chi connectivity index (χ3n) is 2.46. The molecule has 1 heterocycles. The molecule has 0 radical (unpaired) electrons. The van der Waals surface area contributed by atoms with Crippen LogP contribution in [-0.4, -0.2) is 36.6 Å². The van der Waals surface area contributed by atoms with Crippen LogP contribution in [-0.2, 0) is 0 Å². The van der Waals surface area contributed by atoms with E-state index < -0.39 is 0 Å². The van der Waals surface area contributed by atoms with E-state index in [-0.39, 0.29) is 0 Å². The molecule has 1 N–H and O–H groups in total. The lowest BCUT2D eigenvalue weighted by molar-refractivity contribution is 0.171. The Kier molecular flexibility index (Phi) is 4.02. The van der Waals surface area contributed by atoms with Gasteiger partial charge in [0.15, 0.2) is 0 Å². The number of nitrogens with one attached hydrogen (secondary N) is 1. The molecule has 72 valence electrons. The van der Waals surface area contributed by atoms with E-state index in [0.717, 1.165) is 0 Å². The number of rotatable bonds is 3. The Morgan fingerprint density at radius 1 is 1.25 bits per heavy atom. The summed E-state index contributed by atoms with van der Waals surface area (Å²) in [6.45, 7) is 10.5. The minimum absolute atomic E-state index is 0.672. The maximum atomic E-state index is 3.54. The predicted molar refractivity (Wildman–Crippen MR) is 53.4 cm³/mol. The first kappa shape index (κ1) is 10.0. The van der Waals surface area contributed by atoms with Crippen LogP contribution in [0.15, 0.2) is 0 Å². The van der Waals surface area contributed by atoms with Crippen LogP contribution < -0.4 is 5.32 Å². The van der Waals surface area contributed by atoms with Crippen LogP contribution in [0.5, 0.6) is 0 Å². The standard InChI is InChI=1S/C10H22N2/c1-4-5-6-12-7-9(2)11-10(3)8-12/h9-11H,4-8H2,1-3H3. The van der Waals surface area contributed by atoms with Crippen molar-refractivity contribution in [3.8, 4) is 0 Å². The molecule has 2 heteroatoms. The predicted octanol–water partition coefficient (Wildman–Crippen LogP) is 1.47. The van der Waals surface area contributed by atoms with Gasteiger partial charge in [0, 0.05) is 25.2 Å². The normalized spacial score (nSPS) is 32.2. The fraction of sp³-hybridized carbons (Fsp3) is 1.00. The van der Waals surface area contributed by atoms with Crippen LogP contribution in [0.3, 0.4) is 0 Å². The number of hydrogen-bond acceptors (Lipinski definition) is 2. The molecule has 1 fully saturated rings. The number of piperazine rings is 1. The summed E-state index contributed by atoms with van der Waals surface area (Å²) in [6.07, 6.45) is 2.66. The molecule has 12 heavy (non-hydrogen) atoms. The van der Waals surface area contributed by atoms with Crippen molar-refractivity contribution >= 4 is 0 Å². The molecular formula is C10H22N2. The van der Waals surface area contributed by atoms with Crippen LogP contribution >= 0.6 is 0 Å². The molecule has 2 nitrogen and oxygen atoms in total. The van der Waals surface area contributed by atoms with Crippen molar-refractivity contribution in [3.63, 3.8) is 0 Å². The highest BCUT2D eigenvalue weighted by atomic mass is 15.2. The minimum Gasteiger partial charge on any atom is -0.309 e. The highest BCUT2D eigenvalue weighted by Gasteiger charge is 2.19. The maximum absolute atomic E-state index is 3.54. The van der Waals surface area contributed by atoms with Crippen molar-refractivity contribution in [2.24, 2.45) is 0 Å². The van der Waals surface area contributed by atoms with Crippen molar-refractivity contribution in [1.82, 2.24) is 10.2 Å². The Hall–Kier alpha value is -0.0800. The Morgan fingerprint density at radius 2 is 1.83 bits per heavy atom. The Balaban J connectivity index is 2.24. The summed E-state index contributed by atoms with van der Waals surface area (Å²) in [4.78, 5) is 2.58. The second kappa shape index (κ2) is 4.83. The molecule has 2 atom stereocenters. The van der Waals surface area contributed by atoms with Gasteiger partial charge >= 0.3 is 0 Å². The third kappa shape index (κ3) is 3.11. The van der Waals surface area contributed by atoms with Gasteiger partial charge in [0.25, 0.3) is 0 Å². The van der Waals surface area contributed by atoms with E-state index >= 15 is 0 Å². The molecule has 0 aliphatic carbocycles. The van der Waals surface area contributed by atoms with Gasteiger partial charge in [-0.05, 0) is 26.8 Å². The first-order chi connectivity index (χ1) is 5.72. The van der Waals surface area contributed by atoms with Gasteiger partial charge in [-0.25, -0.2) is 0 Å². The lowest BCUT2D eigenvalue weighted by Crippen LogP contribution is -2.54. The van der Waals surface area contributed by atoms with Gasteiger partial charge in [0.2, 0.25) is 0 Å². The van der Waals surface area contributed by atoms with Crippen molar-refractivity contribution < 1.29 is 0 Å². The van der Waals surface area contributed by atoms with Gasteiger partial charge in [-0.2, -0.15) is 0 Å². The largest absolute Gasteiger partial charge is 0.309 e. The van der Waals surface area contributed by atoms with E-state index in [4.69, 9.17) is 0 Å². The summed E-state index contributed by atoms with van der Waals surface area (Å²) < 4.78 is 0. The molecule has 0 spiro atoms. The van der Waals surface area contributed by atoms with Gasteiger partial charge in [-0.15, -0.1) is 0 Å². The first-order valence-corrected chi connectivity index (χ1v) is 5.20. The summed E-state index contributed by atoms with van der Waals surface area (Å²) in [5.74, 6) is 0. The fourth-order valence-corrected chi connectivity index (χ4v) is 2.00. The molecule has 0 bridgehead atoms. The minimum atomic E-state index is 0.672. The molecule has 0 saturated carbocycles. The zero-order valence-electron chi connectivity index (χ0n) is 8.64. The molecule has 1 aliphatic heterocycles. The molecule has 0 amide bonds. The second-order valence-corrected chi connectivity index (χ2v) is 4.08. The zero-order valence-corrected chi connectivity index (χ0v) is 8.64. The molecule has 2 unspecified atom stereocenters. The first-order valence-electron chi connectivity index (χ1n) is 5.20. The van der Waals surface area contributed by atoms with Crippen molar-refractivity contribution in [2.45, 2.75) is 45.7 Å². The molecule has 1 aliphatic rings. The second-order valence-electron chi connectivity index (χ2n) is 4.08. The van der Waals surface area contributed by atoms with E-state index in [1.54, 1.807) is 0 Å². The topological polar surface area (TPSA) is 15.3 Å². The summed E-state index contributed by atoms with van der Waals surface area (Å²) >= 11 is 0. The van der Waals surface area contributed by atoms with Crippen LogP contribution in [0.25, 0.3) is 0 Å². The lowest BCUT2D eigenvalue weighted by atomic mass is 10.1. The summed E-state index contributed by atoms with van der Waals surface area (Å²) in [5, 5.41) is 3.54. The number of unbranched alkanes of at least 4 members (excludes halogenated alkanes) is 1. The monoisotopic (exact) mass is 170 g/mol. The zero-order chi connectivity index (χ0) is 8.97. The Morgan fingerprint density at radius 3 is 2.33 bits per heavy atom. The van der Waals surface area contributed by atoms with Crippen molar-refractivity contribution in [1.29, 1.82) is 0 Å². The van der Waals surface area contributed by atoms with E-state index in [0.29, 0.717) is 12.1 Å². The molecule has 1 rings (SSSR count). The SMILES string of the molecule is CCCCN1CC(C)NC(C)C1. The molecular weight excluding hydrogens is 148 g/mol. The summed E-state index contributed by atoms with van der Waals surface area (Å²) in [6, 6.07) is 1.34. The molecule has 0 aromatic carbocycles. The van der Waals surface area contributed by atoms with E-state index in [2.05, 4.69) is 31.0 Å². The highest BCUT2D eigenvalue weighted by molar-refractivity contribution is 4.80. The Bertz CT molecular complexity index is 115. The average molecular weight is 170 g/mol. The van der Waals surface area contributed by atoms with Crippen LogP contribution in [0.1, 0.15) is 33.6 Å². The number of hydrogen-bond donors (Lipinski definition) is 1. The van der Waals surface area contributed by atoms with Crippen LogP contribution in [0.2, 0.25) is 0 Å².